The number of hydrogen-bond acceptors (Lipinski definition) is 5. The lowest BCUT2D eigenvalue weighted by Crippen LogP contribution is -2.06. The molecule has 5 nitrogen and oxygen atoms in total. The lowest BCUT2D eigenvalue weighted by Gasteiger charge is -2.13. The Kier molecular flexibility index (Phi) is 4.28. The van der Waals surface area contributed by atoms with E-state index in [4.69, 9.17) is 4.74 Å². The summed E-state index contributed by atoms with van der Waals surface area (Å²) in [6.07, 6.45) is 4.13. The Balaban J connectivity index is 2.58. The number of nitrogens with one attached hydrogen (secondary N) is 1. The second kappa shape index (κ2) is 6.13. The van der Waals surface area contributed by atoms with Gasteiger partial charge in [-0.3, -0.25) is 4.98 Å². The predicted molar refractivity (Wildman–Crippen MR) is 75.4 cm³/mol. The Morgan fingerprint density at radius 2 is 2.00 bits per heavy atom. The van der Waals surface area contributed by atoms with Crippen molar-refractivity contribution < 1.29 is 4.74 Å². The number of hydrogen-bond donors (Lipinski definition) is 1. The van der Waals surface area contributed by atoms with Crippen molar-refractivity contribution in [3.05, 3.63) is 30.2 Å². The molecular weight excluding hydrogens is 240 g/mol. The summed E-state index contributed by atoms with van der Waals surface area (Å²) in [4.78, 5) is 13.1. The molecule has 1 N–H and O–H groups in total. The first kappa shape index (κ1) is 13.3. The van der Waals surface area contributed by atoms with Crippen LogP contribution >= 0.6 is 0 Å². The molecule has 2 aromatic rings. The van der Waals surface area contributed by atoms with Crippen LogP contribution in [0.15, 0.2) is 24.7 Å². The minimum atomic E-state index is 0.721. The molecule has 2 heterocycles. The molecule has 0 atom stereocenters. The molecule has 2 rings (SSSR count). The Bertz CT molecular complexity index is 557. The van der Waals surface area contributed by atoms with E-state index in [2.05, 4.69) is 27.2 Å². The Hall–Kier alpha value is -2.17. The number of anilines is 1. The second-order valence-electron chi connectivity index (χ2n) is 3.99. The molecule has 0 amide bonds. The molecule has 0 aliphatic carbocycles. The number of nitrogens with zero attached hydrogens (tertiary/aromatic N) is 3. The number of pyridine rings is 1. The molecule has 5 heteroatoms. The van der Waals surface area contributed by atoms with Gasteiger partial charge in [-0.05, 0) is 25.5 Å². The van der Waals surface area contributed by atoms with Crippen LogP contribution in [0.2, 0.25) is 0 Å². The average Bonchev–Trinajstić information content (AvgIpc) is 2.47. The van der Waals surface area contributed by atoms with Gasteiger partial charge in [0, 0.05) is 18.3 Å². The van der Waals surface area contributed by atoms with Gasteiger partial charge in [0.25, 0.3) is 0 Å². The number of rotatable bonds is 5. The van der Waals surface area contributed by atoms with Gasteiger partial charge in [-0.25, -0.2) is 9.97 Å². The topological polar surface area (TPSA) is 59.9 Å². The Morgan fingerprint density at radius 1 is 1.16 bits per heavy atom. The maximum absolute atomic E-state index is 5.36. The van der Waals surface area contributed by atoms with Crippen molar-refractivity contribution in [3.8, 4) is 17.1 Å². The highest BCUT2D eigenvalue weighted by Gasteiger charge is 2.15. The van der Waals surface area contributed by atoms with E-state index in [-0.39, 0.29) is 0 Å². The van der Waals surface area contributed by atoms with E-state index in [0.717, 1.165) is 41.5 Å². The minimum absolute atomic E-state index is 0.721. The van der Waals surface area contributed by atoms with Gasteiger partial charge >= 0.3 is 0 Å². The van der Waals surface area contributed by atoms with Crippen molar-refractivity contribution in [2.24, 2.45) is 0 Å². The van der Waals surface area contributed by atoms with Crippen molar-refractivity contribution >= 4 is 5.82 Å². The molecule has 0 saturated carbocycles. The average molecular weight is 258 g/mol. The highest BCUT2D eigenvalue weighted by atomic mass is 16.5. The van der Waals surface area contributed by atoms with Crippen LogP contribution in [-0.4, -0.2) is 28.6 Å². The quantitative estimate of drug-likeness (QED) is 0.893. The zero-order chi connectivity index (χ0) is 13.7. The SMILES string of the molecule is CCNc1ncnc(-c2ncccc2OC)c1CC. The van der Waals surface area contributed by atoms with Gasteiger partial charge in [-0.15, -0.1) is 0 Å². The summed E-state index contributed by atoms with van der Waals surface area (Å²) in [6.45, 7) is 4.95. The maximum Gasteiger partial charge on any atom is 0.146 e. The van der Waals surface area contributed by atoms with Gasteiger partial charge in [0.15, 0.2) is 0 Å². The predicted octanol–water partition coefficient (Wildman–Crippen LogP) is 2.54. The number of methoxy groups -OCH3 is 1. The summed E-state index contributed by atoms with van der Waals surface area (Å²) in [7, 11) is 1.64. The summed E-state index contributed by atoms with van der Waals surface area (Å²) < 4.78 is 5.36. The molecule has 0 unspecified atom stereocenters. The summed E-state index contributed by atoms with van der Waals surface area (Å²) in [5, 5.41) is 3.25. The first-order valence-corrected chi connectivity index (χ1v) is 6.38. The Labute approximate surface area is 113 Å². The monoisotopic (exact) mass is 258 g/mol. The van der Waals surface area contributed by atoms with Crippen molar-refractivity contribution in [3.63, 3.8) is 0 Å². The summed E-state index contributed by atoms with van der Waals surface area (Å²) in [5.41, 5.74) is 2.63. The van der Waals surface area contributed by atoms with E-state index in [9.17, 15) is 0 Å². The maximum atomic E-state index is 5.36. The lowest BCUT2D eigenvalue weighted by atomic mass is 10.1. The number of aromatic nitrogens is 3. The van der Waals surface area contributed by atoms with Crippen molar-refractivity contribution in [2.45, 2.75) is 20.3 Å². The van der Waals surface area contributed by atoms with Crippen LogP contribution in [-0.2, 0) is 6.42 Å². The van der Waals surface area contributed by atoms with Crippen molar-refractivity contribution in [1.82, 2.24) is 15.0 Å². The summed E-state index contributed by atoms with van der Waals surface area (Å²) in [6, 6.07) is 3.73. The normalized spacial score (nSPS) is 10.3. The smallest absolute Gasteiger partial charge is 0.146 e. The largest absolute Gasteiger partial charge is 0.494 e. The van der Waals surface area contributed by atoms with Gasteiger partial charge in [-0.1, -0.05) is 6.92 Å². The van der Waals surface area contributed by atoms with Gasteiger partial charge in [0.05, 0.1) is 7.11 Å². The fraction of sp³-hybridized carbons (Fsp3) is 0.357. The molecule has 0 aromatic carbocycles. The highest BCUT2D eigenvalue weighted by Crippen LogP contribution is 2.30. The molecule has 19 heavy (non-hydrogen) atoms. The third kappa shape index (κ3) is 2.65. The van der Waals surface area contributed by atoms with Crippen LogP contribution < -0.4 is 10.1 Å². The van der Waals surface area contributed by atoms with Gasteiger partial charge in [0.2, 0.25) is 0 Å². The molecule has 0 aliphatic rings. The molecule has 0 fully saturated rings. The van der Waals surface area contributed by atoms with Crippen molar-refractivity contribution in [1.29, 1.82) is 0 Å². The summed E-state index contributed by atoms with van der Waals surface area (Å²) >= 11 is 0. The molecule has 0 bridgehead atoms. The molecule has 2 aromatic heterocycles. The van der Waals surface area contributed by atoms with Gasteiger partial charge in [0.1, 0.15) is 29.3 Å². The van der Waals surface area contributed by atoms with Crippen LogP contribution in [0.3, 0.4) is 0 Å². The van der Waals surface area contributed by atoms with Gasteiger partial charge in [-0.2, -0.15) is 0 Å². The minimum Gasteiger partial charge on any atom is -0.494 e. The van der Waals surface area contributed by atoms with Crippen LogP contribution in [0.5, 0.6) is 5.75 Å². The molecule has 0 radical (unpaired) electrons. The van der Waals surface area contributed by atoms with E-state index >= 15 is 0 Å². The molecule has 0 saturated heterocycles. The zero-order valence-corrected chi connectivity index (χ0v) is 11.5. The molecular formula is C14H18N4O. The van der Waals surface area contributed by atoms with E-state index in [0.29, 0.717) is 0 Å². The zero-order valence-electron chi connectivity index (χ0n) is 11.5. The molecule has 0 spiro atoms. The second-order valence-corrected chi connectivity index (χ2v) is 3.99. The fourth-order valence-corrected chi connectivity index (χ4v) is 2.00. The molecule has 100 valence electrons. The number of ether oxygens (including phenoxy) is 1. The van der Waals surface area contributed by atoms with E-state index in [1.165, 1.54) is 0 Å². The van der Waals surface area contributed by atoms with Gasteiger partial charge < -0.3 is 10.1 Å². The van der Waals surface area contributed by atoms with Crippen LogP contribution in [0.4, 0.5) is 5.82 Å². The van der Waals surface area contributed by atoms with E-state index < -0.39 is 0 Å². The summed E-state index contributed by atoms with van der Waals surface area (Å²) in [5.74, 6) is 1.58. The first-order valence-electron chi connectivity index (χ1n) is 6.38. The van der Waals surface area contributed by atoms with Crippen molar-refractivity contribution in [2.75, 3.05) is 19.0 Å². The lowest BCUT2D eigenvalue weighted by molar-refractivity contribution is 0.414. The standard InChI is InChI=1S/C14H18N4O/c1-4-10-12(17-9-18-14(10)15-5-2)13-11(19-3)7-6-8-16-13/h6-9H,4-5H2,1-3H3,(H,15,17,18). The van der Waals surface area contributed by atoms with Crippen LogP contribution in [0.1, 0.15) is 19.4 Å². The third-order valence-electron chi connectivity index (χ3n) is 2.86. The van der Waals surface area contributed by atoms with E-state index in [1.807, 2.05) is 19.1 Å². The fourth-order valence-electron chi connectivity index (χ4n) is 2.00. The van der Waals surface area contributed by atoms with Crippen LogP contribution in [0.25, 0.3) is 11.4 Å². The molecule has 0 aliphatic heterocycles. The van der Waals surface area contributed by atoms with Crippen LogP contribution in [0, 0.1) is 0 Å². The van der Waals surface area contributed by atoms with E-state index in [1.54, 1.807) is 19.6 Å². The Morgan fingerprint density at radius 3 is 2.68 bits per heavy atom. The first-order chi connectivity index (χ1) is 9.31. The third-order valence-corrected chi connectivity index (χ3v) is 2.86. The highest BCUT2D eigenvalue weighted by molar-refractivity contribution is 5.70.